The van der Waals surface area contributed by atoms with Gasteiger partial charge in [-0.25, -0.2) is 9.28 Å². The highest BCUT2D eigenvalue weighted by molar-refractivity contribution is 5.90. The molecule has 184 valence electrons. The fraction of sp³-hybridized carbons (Fsp3) is 0.778. The van der Waals surface area contributed by atoms with E-state index in [1.807, 2.05) is 12.3 Å². The first-order chi connectivity index (χ1) is 15.6. The fourth-order valence-corrected chi connectivity index (χ4v) is 4.49. The quantitative estimate of drug-likeness (QED) is 0.139. The molecular weight excluding hydrogens is 398 g/mol. The summed E-state index contributed by atoms with van der Waals surface area (Å²) in [5.74, 6) is -0.0433. The normalized spacial score (nSPS) is 18.0. The summed E-state index contributed by atoms with van der Waals surface area (Å²) in [6.07, 6.45) is 30.8. The van der Waals surface area contributed by atoms with Crippen molar-refractivity contribution < 1.29 is 14.4 Å². The Morgan fingerprint density at radius 2 is 1.41 bits per heavy atom. The van der Waals surface area contributed by atoms with Gasteiger partial charge >= 0.3 is 5.97 Å². The van der Waals surface area contributed by atoms with Crippen molar-refractivity contribution in [3.8, 4) is 0 Å². The maximum atomic E-state index is 11.3. The van der Waals surface area contributed by atoms with E-state index in [1.165, 1.54) is 103 Å². The summed E-state index contributed by atoms with van der Waals surface area (Å²) in [5, 5.41) is 9.24. The van der Waals surface area contributed by atoms with Crippen molar-refractivity contribution in [2.75, 3.05) is 19.6 Å². The second-order valence-corrected chi connectivity index (χ2v) is 9.38. The number of rotatable bonds is 22. The lowest BCUT2D eigenvalue weighted by molar-refractivity contribution is -0.775. The molecule has 1 heterocycles. The van der Waals surface area contributed by atoms with Crippen molar-refractivity contribution in [1.82, 2.24) is 0 Å². The summed E-state index contributed by atoms with van der Waals surface area (Å²) >= 11 is 0. The molecule has 1 atom stereocenters. The summed E-state index contributed by atoms with van der Waals surface area (Å²) < 4.78 is 0.224. The molecule has 0 aromatic rings. The minimum absolute atomic E-state index is 0.00405. The van der Waals surface area contributed by atoms with Gasteiger partial charge in [-0.2, -0.15) is 4.99 Å². The summed E-state index contributed by atoms with van der Waals surface area (Å²) in [7, 11) is 0. The van der Waals surface area contributed by atoms with Crippen molar-refractivity contribution >= 4 is 11.8 Å². The van der Waals surface area contributed by atoms with Gasteiger partial charge in [0.1, 0.15) is 12.7 Å². The molecule has 0 saturated carbocycles. The number of aliphatic imine (C=N–C) groups is 1. The molecule has 0 amide bonds. The molecule has 0 fully saturated rings. The number of nitrogens with zero attached hydrogens (tertiary/aromatic N) is 2. The summed E-state index contributed by atoms with van der Waals surface area (Å²) in [6.45, 7) is 3.27. The monoisotopic (exact) mass is 448 g/mol. The molecule has 1 rings (SSSR count). The first-order valence-corrected chi connectivity index (χ1v) is 13.4. The van der Waals surface area contributed by atoms with Crippen LogP contribution in [0.3, 0.4) is 0 Å². The second-order valence-electron chi connectivity index (χ2n) is 9.38. The van der Waals surface area contributed by atoms with Gasteiger partial charge in [-0.3, -0.25) is 0 Å². The van der Waals surface area contributed by atoms with Crippen molar-refractivity contribution in [3.63, 3.8) is 0 Å². The highest BCUT2D eigenvalue weighted by Crippen LogP contribution is 2.18. The van der Waals surface area contributed by atoms with E-state index in [1.54, 1.807) is 6.20 Å². The van der Waals surface area contributed by atoms with Gasteiger partial charge < -0.3 is 10.8 Å². The molecule has 0 spiro atoms. The van der Waals surface area contributed by atoms with Gasteiger partial charge in [-0.05, 0) is 12.8 Å². The van der Waals surface area contributed by atoms with E-state index in [9.17, 15) is 9.90 Å². The van der Waals surface area contributed by atoms with Gasteiger partial charge in [0.05, 0.1) is 6.20 Å². The number of carboxylic acid groups (broad SMARTS) is 1. The zero-order chi connectivity index (χ0) is 23.3. The number of hydrogen-bond acceptors (Lipinski definition) is 3. The van der Waals surface area contributed by atoms with E-state index in [-0.39, 0.29) is 11.0 Å². The van der Waals surface area contributed by atoms with Crippen LogP contribution in [-0.4, -0.2) is 41.0 Å². The lowest BCUT2D eigenvalue weighted by Crippen LogP contribution is -2.51. The Labute approximate surface area is 197 Å². The first kappa shape index (κ1) is 28.6. The Bertz CT molecular complexity index is 571. The highest BCUT2D eigenvalue weighted by atomic mass is 16.4. The first-order valence-electron chi connectivity index (χ1n) is 13.4. The molecule has 0 aromatic carbocycles. The van der Waals surface area contributed by atoms with Gasteiger partial charge in [0.15, 0.2) is 6.54 Å². The number of carboxylic acids is 1. The minimum Gasteiger partial charge on any atom is -0.477 e. The zero-order valence-electron chi connectivity index (χ0n) is 20.8. The molecule has 5 heteroatoms. The number of unbranched alkanes of at least 4 members (excludes halogenated alkanes) is 16. The Kier molecular flexibility index (Phi) is 17.0. The van der Waals surface area contributed by atoms with Crippen LogP contribution in [0.4, 0.5) is 0 Å². The molecular formula is C27H50N3O2+. The number of nitrogens with two attached hydrogens (primary N) is 1. The number of allylic oxidation sites excluding steroid dienone is 1. The number of aliphatic carboxylic acids is 1. The number of quaternary nitrogens is 1. The molecule has 3 N–H and O–H groups in total. The van der Waals surface area contributed by atoms with Crippen LogP contribution < -0.4 is 5.73 Å². The lowest BCUT2D eigenvalue weighted by Gasteiger charge is -2.28. The van der Waals surface area contributed by atoms with E-state index in [0.717, 1.165) is 12.3 Å². The van der Waals surface area contributed by atoms with Crippen LogP contribution in [0.1, 0.15) is 116 Å². The van der Waals surface area contributed by atoms with E-state index < -0.39 is 5.97 Å². The number of hydrogen-bond donors (Lipinski definition) is 2. The van der Waals surface area contributed by atoms with Crippen molar-refractivity contribution in [2.24, 2.45) is 10.7 Å². The third-order valence-electron chi connectivity index (χ3n) is 6.45. The van der Waals surface area contributed by atoms with Crippen LogP contribution >= 0.6 is 0 Å². The van der Waals surface area contributed by atoms with Crippen molar-refractivity contribution in [2.45, 2.75) is 116 Å². The van der Waals surface area contributed by atoms with Crippen molar-refractivity contribution in [3.05, 3.63) is 24.6 Å². The van der Waals surface area contributed by atoms with Crippen LogP contribution in [0.25, 0.3) is 0 Å². The zero-order valence-corrected chi connectivity index (χ0v) is 20.8. The Morgan fingerprint density at radius 3 is 1.88 bits per heavy atom. The fourth-order valence-electron chi connectivity index (χ4n) is 4.49. The standard InChI is InChI=1S/C27H49N3O2/c1-2-3-4-5-6-7-8-9-10-11-12-13-14-15-16-17-18-19-20-26-29-22-24-30(26,23-21-28)25-27(31)32/h19-20,22,24H,2-18,21,23,25,28H2,1H3/p+1/b20-19+. The molecule has 0 radical (unpaired) electrons. The number of carbonyl (C=O) groups is 1. The van der Waals surface area contributed by atoms with Crippen LogP contribution in [0, 0.1) is 0 Å². The molecule has 32 heavy (non-hydrogen) atoms. The number of amidine groups is 1. The molecule has 1 aliphatic heterocycles. The Balaban J connectivity index is 1.96. The molecule has 0 aromatic heterocycles. The molecule has 0 saturated heterocycles. The summed E-state index contributed by atoms with van der Waals surface area (Å²) in [6, 6.07) is 0. The maximum Gasteiger partial charge on any atom is 0.360 e. The second kappa shape index (κ2) is 19.0. The average Bonchev–Trinajstić information content (AvgIpc) is 3.14. The third-order valence-corrected chi connectivity index (χ3v) is 6.45. The van der Waals surface area contributed by atoms with Gasteiger partial charge in [-0.15, -0.1) is 0 Å². The summed E-state index contributed by atoms with van der Waals surface area (Å²) in [5.41, 5.74) is 5.71. The molecule has 5 nitrogen and oxygen atoms in total. The summed E-state index contributed by atoms with van der Waals surface area (Å²) in [4.78, 5) is 15.6. The largest absolute Gasteiger partial charge is 0.477 e. The van der Waals surface area contributed by atoms with E-state index in [4.69, 9.17) is 5.73 Å². The minimum atomic E-state index is -0.830. The van der Waals surface area contributed by atoms with E-state index in [2.05, 4.69) is 18.0 Å². The predicted octanol–water partition coefficient (Wildman–Crippen LogP) is 6.94. The Hall–Kier alpha value is -1.46. The van der Waals surface area contributed by atoms with Crippen LogP contribution in [0.2, 0.25) is 0 Å². The maximum absolute atomic E-state index is 11.3. The topological polar surface area (TPSA) is 75.7 Å². The molecule has 1 aliphatic rings. The van der Waals surface area contributed by atoms with E-state index >= 15 is 0 Å². The molecule has 1 unspecified atom stereocenters. The van der Waals surface area contributed by atoms with Gasteiger partial charge in [0, 0.05) is 12.6 Å². The highest BCUT2D eigenvalue weighted by Gasteiger charge is 2.35. The van der Waals surface area contributed by atoms with Crippen molar-refractivity contribution in [1.29, 1.82) is 0 Å². The SMILES string of the molecule is CCCCCCCCCCCCCCCCCC/C=C/C1=NC=C[N+]1(CCN)CC(=O)O. The van der Waals surface area contributed by atoms with Crippen LogP contribution in [0.5, 0.6) is 0 Å². The predicted molar refractivity (Wildman–Crippen MR) is 137 cm³/mol. The van der Waals surface area contributed by atoms with Crippen LogP contribution in [-0.2, 0) is 4.79 Å². The van der Waals surface area contributed by atoms with Crippen LogP contribution in [0.15, 0.2) is 29.5 Å². The van der Waals surface area contributed by atoms with Gasteiger partial charge in [-0.1, -0.05) is 109 Å². The Morgan fingerprint density at radius 1 is 0.906 bits per heavy atom. The third kappa shape index (κ3) is 13.2. The molecule has 0 aliphatic carbocycles. The molecule has 0 bridgehead atoms. The smallest absolute Gasteiger partial charge is 0.360 e. The van der Waals surface area contributed by atoms with E-state index in [0.29, 0.717) is 13.1 Å². The van der Waals surface area contributed by atoms with Gasteiger partial charge in [0.25, 0.3) is 0 Å². The lowest BCUT2D eigenvalue weighted by atomic mass is 10.0. The average molecular weight is 449 g/mol. The van der Waals surface area contributed by atoms with Gasteiger partial charge in [0.2, 0.25) is 5.84 Å².